The highest BCUT2D eigenvalue weighted by atomic mass is 19.4. The predicted octanol–water partition coefficient (Wildman–Crippen LogP) is 2.36. The van der Waals surface area contributed by atoms with E-state index in [1.165, 1.54) is 6.07 Å². The number of halogens is 4. The summed E-state index contributed by atoms with van der Waals surface area (Å²) in [5.41, 5.74) is -1.39. The van der Waals surface area contributed by atoms with Crippen LogP contribution in [0.1, 0.15) is 44.2 Å². The largest absolute Gasteiger partial charge is 0.479 e. The summed E-state index contributed by atoms with van der Waals surface area (Å²) >= 11 is 0. The summed E-state index contributed by atoms with van der Waals surface area (Å²) in [7, 11) is 0. The van der Waals surface area contributed by atoms with Crippen molar-refractivity contribution in [3.8, 4) is 0 Å². The zero-order valence-corrected chi connectivity index (χ0v) is 19.9. The molecule has 1 aromatic rings. The molecule has 13 heteroatoms. The molecule has 202 valence electrons. The molecule has 0 amide bonds. The van der Waals surface area contributed by atoms with Gasteiger partial charge in [-0.2, -0.15) is 13.2 Å². The van der Waals surface area contributed by atoms with Crippen LogP contribution in [0.2, 0.25) is 0 Å². The molecule has 2 atom stereocenters. The average molecular weight is 522 g/mol. The number of carboxylic acids is 2. The van der Waals surface area contributed by atoms with Crippen molar-refractivity contribution >= 4 is 11.9 Å². The number of aliphatic hydroxyl groups excluding tert-OH is 2. The molecule has 2 rings (SSSR count). The average Bonchev–Trinajstić information content (AvgIpc) is 2.81. The van der Waals surface area contributed by atoms with Gasteiger partial charge in [0.2, 0.25) is 5.54 Å². The summed E-state index contributed by atoms with van der Waals surface area (Å²) in [6.45, 7) is 13.2. The molecule has 5 N–H and O–H groups in total. The number of rotatable bonds is 9. The van der Waals surface area contributed by atoms with Crippen LogP contribution in [0.4, 0.5) is 17.6 Å². The molecule has 1 aliphatic heterocycles. The van der Waals surface area contributed by atoms with Crippen LogP contribution < -0.4 is 5.32 Å². The van der Waals surface area contributed by atoms with Gasteiger partial charge in [0.25, 0.3) is 0 Å². The van der Waals surface area contributed by atoms with Crippen molar-refractivity contribution < 1.29 is 47.6 Å². The zero-order chi connectivity index (χ0) is 27.7. The van der Waals surface area contributed by atoms with Gasteiger partial charge >= 0.3 is 18.1 Å². The monoisotopic (exact) mass is 521 g/mol. The molecule has 0 aromatic heterocycles. The maximum absolute atomic E-state index is 13.4. The molecule has 0 unspecified atom stereocenters. The van der Waals surface area contributed by atoms with Crippen molar-refractivity contribution in [3.63, 3.8) is 0 Å². The lowest BCUT2D eigenvalue weighted by Gasteiger charge is -2.35. The summed E-state index contributed by atoms with van der Waals surface area (Å²) < 4.78 is 53.3. The number of hydrogen-bond donors (Lipinski definition) is 5. The molecule has 1 saturated heterocycles. The number of benzene rings is 1. The maximum atomic E-state index is 13.4. The van der Waals surface area contributed by atoms with Gasteiger partial charge in [-0.05, 0) is 43.6 Å². The molecule has 1 aliphatic rings. The van der Waals surface area contributed by atoms with Gasteiger partial charge in [0.15, 0.2) is 12.2 Å². The first-order valence-corrected chi connectivity index (χ1v) is 11.1. The van der Waals surface area contributed by atoms with Gasteiger partial charge in [-0.1, -0.05) is 6.07 Å². The molecule has 36 heavy (non-hydrogen) atoms. The third kappa shape index (κ3) is 10.1. The minimum atomic E-state index is -4.59. The van der Waals surface area contributed by atoms with Crippen molar-refractivity contribution in [1.29, 1.82) is 0 Å². The fourth-order valence-corrected chi connectivity index (χ4v) is 3.48. The van der Waals surface area contributed by atoms with E-state index in [0.29, 0.717) is 19.0 Å². The Hall–Kier alpha value is -2.79. The Balaban J connectivity index is 0.000000548. The molecule has 9 nitrogen and oxygen atoms in total. The van der Waals surface area contributed by atoms with E-state index in [9.17, 15) is 27.2 Å². The Kier molecular flexibility index (Phi) is 11.7. The first-order chi connectivity index (χ1) is 16.6. The van der Waals surface area contributed by atoms with Gasteiger partial charge in [0, 0.05) is 39.4 Å². The molecule has 0 spiro atoms. The van der Waals surface area contributed by atoms with Crippen molar-refractivity contribution in [2.24, 2.45) is 0 Å². The first kappa shape index (κ1) is 31.2. The highest BCUT2D eigenvalue weighted by Gasteiger charge is 2.35. The Labute approximate surface area is 206 Å². The second-order valence-electron chi connectivity index (χ2n) is 8.99. The lowest BCUT2D eigenvalue weighted by atomic mass is 9.97. The van der Waals surface area contributed by atoms with E-state index in [1.807, 2.05) is 18.7 Å². The van der Waals surface area contributed by atoms with Crippen LogP contribution in [0.5, 0.6) is 0 Å². The summed E-state index contributed by atoms with van der Waals surface area (Å²) in [5, 5.41) is 35.8. The van der Waals surface area contributed by atoms with Crippen LogP contribution in [-0.2, 0) is 22.3 Å². The molecule has 1 heterocycles. The lowest BCUT2D eigenvalue weighted by Crippen LogP contribution is -2.44. The minimum Gasteiger partial charge on any atom is -0.479 e. The fourth-order valence-electron chi connectivity index (χ4n) is 3.48. The first-order valence-electron chi connectivity index (χ1n) is 11.1. The summed E-state index contributed by atoms with van der Waals surface area (Å²) in [6.07, 6.45) is -6.85. The standard InChI is InChI=1S/C19H25F4N3.C4H6O6/c1-18(2,24-3)8-11-26(16-6-9-25-10-7-16)13-14-4-5-15(20)12-17(14)19(21,22)23;5-1(3(7)8)2(6)4(9)10/h4-5,12,16,25H,6-11,13H2,1-2H3;1-2,5-6H,(H,7,8)(H,9,10)/t;1-,2-/m.1/s1. The smallest absolute Gasteiger partial charge is 0.416 e. The molecule has 1 fully saturated rings. The number of nitrogens with zero attached hydrogens (tertiary/aromatic N) is 2. The number of aliphatic carboxylic acids is 2. The van der Waals surface area contributed by atoms with Gasteiger partial charge in [0.1, 0.15) is 5.82 Å². The van der Waals surface area contributed by atoms with Gasteiger partial charge in [-0.3, -0.25) is 4.90 Å². The number of nitrogens with one attached hydrogen (secondary N) is 1. The maximum Gasteiger partial charge on any atom is 0.416 e. The Morgan fingerprint density at radius 3 is 2.11 bits per heavy atom. The van der Waals surface area contributed by atoms with E-state index in [-0.39, 0.29) is 18.2 Å². The van der Waals surface area contributed by atoms with E-state index in [0.717, 1.165) is 32.0 Å². The number of alkyl halides is 3. The SMILES string of the molecule is O=C(O)[C@H](O)[C@@H](O)C(=O)O.[C-]#[N+]C(C)(C)CCN(Cc1ccc(F)cc1C(F)(F)F)C1CCNCC1. The van der Waals surface area contributed by atoms with Crippen LogP contribution in [0, 0.1) is 12.4 Å². The Morgan fingerprint density at radius 2 is 1.67 bits per heavy atom. The van der Waals surface area contributed by atoms with Crippen molar-refractivity contribution in [2.75, 3.05) is 19.6 Å². The van der Waals surface area contributed by atoms with Crippen LogP contribution in [0.15, 0.2) is 18.2 Å². The topological polar surface area (TPSA) is 135 Å². The fraction of sp³-hybridized carbons (Fsp3) is 0.609. The molecule has 0 bridgehead atoms. The molecule has 0 saturated carbocycles. The quantitative estimate of drug-likeness (QED) is 0.247. The van der Waals surface area contributed by atoms with E-state index in [4.69, 9.17) is 27.0 Å². The van der Waals surface area contributed by atoms with Gasteiger partial charge < -0.3 is 30.6 Å². The second-order valence-corrected chi connectivity index (χ2v) is 8.99. The van der Waals surface area contributed by atoms with Gasteiger partial charge in [0.05, 0.1) is 5.56 Å². The summed E-state index contributed by atoms with van der Waals surface area (Å²) in [4.78, 5) is 25.2. The predicted molar refractivity (Wildman–Crippen MR) is 120 cm³/mol. The van der Waals surface area contributed by atoms with Crippen LogP contribution in [0.25, 0.3) is 4.85 Å². The van der Waals surface area contributed by atoms with Gasteiger partial charge in [-0.25, -0.2) is 20.6 Å². The van der Waals surface area contributed by atoms with Crippen LogP contribution >= 0.6 is 0 Å². The Bertz CT molecular complexity index is 911. The van der Waals surface area contributed by atoms with Crippen LogP contribution in [0.3, 0.4) is 0 Å². The van der Waals surface area contributed by atoms with Gasteiger partial charge in [-0.15, -0.1) is 0 Å². The molecule has 0 aliphatic carbocycles. The zero-order valence-electron chi connectivity index (χ0n) is 19.9. The molecule has 0 radical (unpaired) electrons. The van der Waals surface area contributed by atoms with Crippen LogP contribution in [-0.4, -0.2) is 80.7 Å². The molecular formula is C23H31F4N3O6. The van der Waals surface area contributed by atoms with Crippen molar-refractivity contribution in [1.82, 2.24) is 10.2 Å². The number of carbonyl (C=O) groups is 2. The highest BCUT2D eigenvalue weighted by molar-refractivity contribution is 5.83. The molecule has 1 aromatic carbocycles. The van der Waals surface area contributed by atoms with E-state index >= 15 is 0 Å². The van der Waals surface area contributed by atoms with E-state index in [1.54, 1.807) is 0 Å². The molecular weight excluding hydrogens is 490 g/mol. The highest BCUT2D eigenvalue weighted by Crippen LogP contribution is 2.34. The van der Waals surface area contributed by atoms with E-state index < -0.39 is 47.2 Å². The normalized spacial score (nSPS) is 16.4. The third-order valence-electron chi connectivity index (χ3n) is 5.69. The Morgan fingerprint density at radius 1 is 1.14 bits per heavy atom. The number of aliphatic hydroxyl groups is 2. The second kappa shape index (κ2) is 13.5. The minimum absolute atomic E-state index is 0.0815. The number of hydrogen-bond acceptors (Lipinski definition) is 6. The van der Waals surface area contributed by atoms with Crippen molar-refractivity contribution in [2.45, 2.75) is 69.6 Å². The third-order valence-corrected chi connectivity index (χ3v) is 5.69. The summed E-state index contributed by atoms with van der Waals surface area (Å²) in [5.74, 6) is -4.42. The lowest BCUT2D eigenvalue weighted by molar-refractivity contribution is -0.165. The number of carboxylic acid groups (broad SMARTS) is 2. The summed E-state index contributed by atoms with van der Waals surface area (Å²) in [6, 6.07) is 3.03. The van der Waals surface area contributed by atoms with Crippen molar-refractivity contribution in [3.05, 3.63) is 46.6 Å². The van der Waals surface area contributed by atoms with E-state index in [2.05, 4.69) is 10.2 Å². The number of piperidine rings is 1.